The summed E-state index contributed by atoms with van der Waals surface area (Å²) in [5.41, 5.74) is 0.925. The molecule has 1 aliphatic carbocycles. The number of fused-ring (bicyclic) bond motifs is 1. The highest BCUT2D eigenvalue weighted by Crippen LogP contribution is 2.54. The van der Waals surface area contributed by atoms with E-state index >= 15 is 0 Å². The van der Waals surface area contributed by atoms with E-state index in [2.05, 4.69) is 15.2 Å². The van der Waals surface area contributed by atoms with Gasteiger partial charge in [-0.1, -0.05) is 57.5 Å². The van der Waals surface area contributed by atoms with E-state index in [1.807, 2.05) is 51.1 Å². The Kier molecular flexibility index (Phi) is 9.65. The van der Waals surface area contributed by atoms with Gasteiger partial charge in [-0.15, -0.1) is 0 Å². The van der Waals surface area contributed by atoms with Crippen LogP contribution in [0.5, 0.6) is 0 Å². The van der Waals surface area contributed by atoms with Gasteiger partial charge in [0.15, 0.2) is 5.82 Å². The lowest BCUT2D eigenvalue weighted by Gasteiger charge is -2.36. The van der Waals surface area contributed by atoms with Crippen molar-refractivity contribution in [2.24, 2.45) is 23.7 Å². The van der Waals surface area contributed by atoms with Gasteiger partial charge >= 0.3 is 12.1 Å². The van der Waals surface area contributed by atoms with Gasteiger partial charge in [0, 0.05) is 57.3 Å². The predicted molar refractivity (Wildman–Crippen MR) is 163 cm³/mol. The van der Waals surface area contributed by atoms with E-state index in [0.29, 0.717) is 69.4 Å². The minimum absolute atomic E-state index is 0.162. The molecule has 0 bridgehead atoms. The van der Waals surface area contributed by atoms with Crippen molar-refractivity contribution in [1.29, 1.82) is 0 Å². The number of anilines is 1. The van der Waals surface area contributed by atoms with Gasteiger partial charge in [0.05, 0.1) is 6.61 Å². The fraction of sp³-hybridized carbons (Fsp3) is 0.562. The highest BCUT2D eigenvalue weighted by molar-refractivity contribution is 5.97. The van der Waals surface area contributed by atoms with Crippen LogP contribution in [-0.4, -0.2) is 101 Å². The molecule has 5 rings (SSSR count). The molecule has 2 saturated heterocycles. The van der Waals surface area contributed by atoms with E-state index in [4.69, 9.17) is 9.72 Å². The number of piperidine rings is 1. The number of hydrogen-bond acceptors (Lipinski definition) is 8. The van der Waals surface area contributed by atoms with Crippen LogP contribution in [0.25, 0.3) is 11.4 Å². The quantitative estimate of drug-likeness (QED) is 0.369. The largest absolute Gasteiger partial charge is 0.481 e. The van der Waals surface area contributed by atoms with Gasteiger partial charge < -0.3 is 29.9 Å². The van der Waals surface area contributed by atoms with Crippen LogP contribution in [0.2, 0.25) is 0 Å². The maximum atomic E-state index is 13.7. The number of nitrogens with one attached hydrogen (secondary N) is 1. The summed E-state index contributed by atoms with van der Waals surface area (Å²) < 4.78 is 5.31. The third kappa shape index (κ3) is 7.11. The van der Waals surface area contributed by atoms with E-state index in [0.717, 1.165) is 18.4 Å². The lowest BCUT2D eigenvalue weighted by Crippen LogP contribution is -2.57. The number of rotatable bonds is 11. The van der Waals surface area contributed by atoms with Crippen molar-refractivity contribution in [1.82, 2.24) is 25.1 Å². The monoisotopic (exact) mass is 606 g/mol. The summed E-state index contributed by atoms with van der Waals surface area (Å²) in [7, 11) is 0. The number of carboxylic acid groups (broad SMARTS) is 1. The summed E-state index contributed by atoms with van der Waals surface area (Å²) in [6.07, 6.45) is 1.57. The summed E-state index contributed by atoms with van der Waals surface area (Å²) in [6, 6.07) is 10.3. The number of aromatic nitrogens is 2. The van der Waals surface area contributed by atoms with Gasteiger partial charge in [0.1, 0.15) is 17.6 Å². The number of piperazine rings is 1. The molecule has 4 atom stereocenters. The third-order valence-electron chi connectivity index (χ3n) is 8.88. The molecule has 1 aromatic heterocycles. The van der Waals surface area contributed by atoms with Crippen LogP contribution < -0.4 is 10.2 Å². The standard InChI is InChI=1S/C32H42N6O6/c1-4-5-15-44-32(43)37-13-11-36(12-14-37)31(42)28(20(2)3)35-30(41)25-17-26(34-29(33-25)21-9-7-6-8-10-21)38-18-23-22(16-27(39)40)24(23)19-38/h6-10,17,20,22-24,28H,4-5,11-16,18-19H2,1-3H3,(H,35,41)(H,39,40)/t22?,23-,24+,28-/m0/s1. The Morgan fingerprint density at radius 3 is 2.27 bits per heavy atom. The number of benzene rings is 1. The van der Waals surface area contributed by atoms with Crippen LogP contribution in [-0.2, 0) is 14.3 Å². The van der Waals surface area contributed by atoms with Gasteiger partial charge in [0.25, 0.3) is 5.91 Å². The first-order valence-electron chi connectivity index (χ1n) is 15.6. The van der Waals surface area contributed by atoms with Crippen LogP contribution in [0.4, 0.5) is 10.6 Å². The van der Waals surface area contributed by atoms with Crippen LogP contribution in [0.3, 0.4) is 0 Å². The second-order valence-corrected chi connectivity index (χ2v) is 12.3. The second kappa shape index (κ2) is 13.6. The molecule has 44 heavy (non-hydrogen) atoms. The zero-order valence-corrected chi connectivity index (χ0v) is 25.6. The Hall–Kier alpha value is -4.22. The predicted octanol–water partition coefficient (Wildman–Crippen LogP) is 3.14. The van der Waals surface area contributed by atoms with Gasteiger partial charge in [0.2, 0.25) is 5.91 Å². The minimum atomic E-state index is -0.777. The first-order chi connectivity index (χ1) is 21.2. The van der Waals surface area contributed by atoms with E-state index in [9.17, 15) is 24.3 Å². The van der Waals surface area contributed by atoms with Crippen molar-refractivity contribution in [3.63, 3.8) is 0 Å². The van der Waals surface area contributed by atoms with Crippen LogP contribution in [0.15, 0.2) is 36.4 Å². The molecule has 3 heterocycles. The molecule has 2 aliphatic heterocycles. The van der Waals surface area contributed by atoms with E-state index in [1.165, 1.54) is 0 Å². The summed E-state index contributed by atoms with van der Waals surface area (Å²) in [5, 5.41) is 12.1. The van der Waals surface area contributed by atoms with Crippen LogP contribution in [0.1, 0.15) is 50.5 Å². The molecule has 1 unspecified atom stereocenters. The molecule has 12 heteroatoms. The topological polar surface area (TPSA) is 145 Å². The first kappa shape index (κ1) is 31.2. The SMILES string of the molecule is CCCCOC(=O)N1CCN(C(=O)[C@@H](NC(=O)c2cc(N3C[C@@H]4C(CC(=O)O)[C@@H]4C3)nc(-c3ccccc3)n2)C(C)C)CC1. The Morgan fingerprint density at radius 2 is 1.66 bits per heavy atom. The molecule has 236 valence electrons. The summed E-state index contributed by atoms with van der Waals surface area (Å²) in [6.45, 7) is 9.01. The molecule has 2 aromatic rings. The number of ether oxygens (including phenoxy) is 1. The highest BCUT2D eigenvalue weighted by Gasteiger charge is 2.56. The number of carbonyl (C=O) groups is 4. The molecule has 0 spiro atoms. The van der Waals surface area contributed by atoms with Crippen LogP contribution in [0, 0.1) is 23.7 Å². The fourth-order valence-corrected chi connectivity index (χ4v) is 6.20. The maximum absolute atomic E-state index is 13.7. The molecule has 3 aliphatic rings. The molecule has 2 N–H and O–H groups in total. The van der Waals surface area contributed by atoms with Crippen molar-refractivity contribution < 1.29 is 29.0 Å². The van der Waals surface area contributed by atoms with E-state index in [-0.39, 0.29) is 36.0 Å². The Balaban J connectivity index is 1.28. The molecule has 1 saturated carbocycles. The maximum Gasteiger partial charge on any atom is 0.409 e. The van der Waals surface area contributed by atoms with Crippen LogP contribution >= 0.6 is 0 Å². The van der Waals surface area contributed by atoms with Crippen molar-refractivity contribution in [3.05, 3.63) is 42.1 Å². The molecular formula is C32H42N6O6. The summed E-state index contributed by atoms with van der Waals surface area (Å²) in [4.78, 5) is 65.6. The number of unbranched alkanes of at least 4 members (excludes halogenated alkanes) is 1. The van der Waals surface area contributed by atoms with Gasteiger partial charge in [-0.25, -0.2) is 14.8 Å². The lowest BCUT2D eigenvalue weighted by atomic mass is 10.0. The molecular weight excluding hydrogens is 564 g/mol. The zero-order valence-electron chi connectivity index (χ0n) is 25.6. The summed E-state index contributed by atoms with van der Waals surface area (Å²) >= 11 is 0. The number of aliphatic carboxylic acids is 1. The lowest BCUT2D eigenvalue weighted by molar-refractivity contribution is -0.137. The van der Waals surface area contributed by atoms with Gasteiger partial charge in [-0.05, 0) is 30.1 Å². The molecule has 3 fully saturated rings. The highest BCUT2D eigenvalue weighted by atomic mass is 16.6. The van der Waals surface area contributed by atoms with Crippen molar-refractivity contribution in [3.8, 4) is 11.4 Å². The fourth-order valence-electron chi connectivity index (χ4n) is 6.20. The Labute approximate surface area is 257 Å². The van der Waals surface area contributed by atoms with Gasteiger partial charge in [-0.2, -0.15) is 0 Å². The molecule has 1 aromatic carbocycles. The third-order valence-corrected chi connectivity index (χ3v) is 8.88. The Bertz CT molecular complexity index is 1350. The molecule has 12 nitrogen and oxygen atoms in total. The van der Waals surface area contributed by atoms with Gasteiger partial charge in [-0.3, -0.25) is 14.4 Å². The van der Waals surface area contributed by atoms with E-state index < -0.39 is 17.9 Å². The Morgan fingerprint density at radius 1 is 1.00 bits per heavy atom. The average Bonchev–Trinajstić information content (AvgIpc) is 3.43. The number of carboxylic acids is 1. The normalized spacial score (nSPS) is 21.5. The summed E-state index contributed by atoms with van der Waals surface area (Å²) in [5.74, 6) is 0.191. The zero-order chi connectivity index (χ0) is 31.4. The van der Waals surface area contributed by atoms with Crippen molar-refractivity contribution in [2.75, 3.05) is 50.8 Å². The molecule has 3 amide bonds. The smallest absolute Gasteiger partial charge is 0.409 e. The second-order valence-electron chi connectivity index (χ2n) is 12.3. The number of carbonyl (C=O) groups excluding carboxylic acids is 3. The first-order valence-corrected chi connectivity index (χ1v) is 15.6. The van der Waals surface area contributed by atoms with E-state index in [1.54, 1.807) is 15.9 Å². The number of hydrogen-bond donors (Lipinski definition) is 2. The van der Waals surface area contributed by atoms with Crippen molar-refractivity contribution in [2.45, 2.75) is 46.1 Å². The number of nitrogens with zero attached hydrogens (tertiary/aromatic N) is 5. The average molecular weight is 607 g/mol. The number of amides is 3. The van der Waals surface area contributed by atoms with Crippen molar-refractivity contribution >= 4 is 29.7 Å². The molecule has 0 radical (unpaired) electrons. The minimum Gasteiger partial charge on any atom is -0.481 e.